The number of carbonyl (C=O) groups excluding carboxylic acids is 2. The van der Waals surface area contributed by atoms with Gasteiger partial charge in [-0.15, -0.1) is 0 Å². The molecule has 4 nitrogen and oxygen atoms in total. The van der Waals surface area contributed by atoms with Crippen LogP contribution in [-0.4, -0.2) is 21.7 Å². The monoisotopic (exact) mass is 523 g/mol. The van der Waals surface area contributed by atoms with E-state index >= 15 is 0 Å². The van der Waals surface area contributed by atoms with Crippen molar-refractivity contribution in [2.45, 2.75) is 85.7 Å². The summed E-state index contributed by atoms with van der Waals surface area (Å²) in [6, 6.07) is 19.5. The third-order valence-electron chi connectivity index (χ3n) is 7.84. The Morgan fingerprint density at radius 2 is 1.33 bits per heavy atom. The molecule has 204 valence electrons. The van der Waals surface area contributed by atoms with E-state index in [0.717, 1.165) is 38.9 Å². The first kappa shape index (κ1) is 28.4. The molecule has 0 aliphatic carbocycles. The highest BCUT2D eigenvalue weighted by molar-refractivity contribution is 6.46. The fourth-order valence-electron chi connectivity index (χ4n) is 5.20. The molecular weight excluding hydrogens is 482 g/mol. The third-order valence-corrected chi connectivity index (χ3v) is 7.84. The van der Waals surface area contributed by atoms with E-state index in [9.17, 15) is 14.7 Å². The molecule has 1 saturated heterocycles. The van der Waals surface area contributed by atoms with E-state index < -0.39 is 17.7 Å². The van der Waals surface area contributed by atoms with Gasteiger partial charge in [0, 0.05) is 12.1 Å². The maximum atomic E-state index is 13.7. The Morgan fingerprint density at radius 3 is 1.92 bits per heavy atom. The molecule has 0 bridgehead atoms. The van der Waals surface area contributed by atoms with Crippen molar-refractivity contribution in [1.82, 2.24) is 4.90 Å². The Bertz CT molecular complexity index is 1460. The molecule has 1 amide bonds. The lowest BCUT2D eigenvalue weighted by Crippen LogP contribution is -2.29. The molecule has 1 N–H and O–H groups in total. The van der Waals surface area contributed by atoms with Crippen molar-refractivity contribution in [3.8, 4) is 0 Å². The van der Waals surface area contributed by atoms with Crippen LogP contribution in [0.25, 0.3) is 5.76 Å². The number of likely N-dealkylation sites (tertiary alicyclic amines) is 1. The number of hydrogen-bond acceptors (Lipinski definition) is 3. The minimum absolute atomic E-state index is 0.0382. The van der Waals surface area contributed by atoms with Gasteiger partial charge in [0.2, 0.25) is 0 Å². The van der Waals surface area contributed by atoms with Crippen LogP contribution in [0.15, 0.2) is 66.2 Å². The zero-order chi connectivity index (χ0) is 28.9. The fraction of sp³-hybridized carbons (Fsp3) is 0.371. The van der Waals surface area contributed by atoms with Gasteiger partial charge in [-0.05, 0) is 71.0 Å². The molecule has 3 aromatic rings. The molecular formula is C35H41NO3. The van der Waals surface area contributed by atoms with Gasteiger partial charge < -0.3 is 10.0 Å². The Morgan fingerprint density at radius 1 is 0.769 bits per heavy atom. The van der Waals surface area contributed by atoms with Crippen LogP contribution in [0.1, 0.15) is 92.1 Å². The summed E-state index contributed by atoms with van der Waals surface area (Å²) in [6.45, 7) is 19.0. The van der Waals surface area contributed by atoms with Gasteiger partial charge in [-0.1, -0.05) is 102 Å². The lowest BCUT2D eigenvalue weighted by Gasteiger charge is -2.27. The zero-order valence-electron chi connectivity index (χ0n) is 24.8. The summed E-state index contributed by atoms with van der Waals surface area (Å²) >= 11 is 0. The normalized spacial score (nSPS) is 17.7. The van der Waals surface area contributed by atoms with Crippen molar-refractivity contribution >= 4 is 17.4 Å². The molecule has 4 heteroatoms. The minimum Gasteiger partial charge on any atom is -0.507 e. The van der Waals surface area contributed by atoms with Crippen LogP contribution in [0.5, 0.6) is 0 Å². The smallest absolute Gasteiger partial charge is 0.295 e. The van der Waals surface area contributed by atoms with E-state index in [1.807, 2.05) is 63.2 Å². The average Bonchev–Trinajstić information content (AvgIpc) is 3.10. The van der Waals surface area contributed by atoms with Gasteiger partial charge in [-0.25, -0.2) is 0 Å². The molecule has 39 heavy (non-hydrogen) atoms. The molecule has 1 heterocycles. The molecule has 0 radical (unpaired) electrons. The summed E-state index contributed by atoms with van der Waals surface area (Å²) in [6.07, 6.45) is 0. The van der Waals surface area contributed by atoms with E-state index in [1.165, 1.54) is 0 Å². The number of carbonyl (C=O) groups is 2. The van der Waals surface area contributed by atoms with Crippen LogP contribution < -0.4 is 0 Å². The number of nitrogens with zero attached hydrogens (tertiary/aromatic N) is 1. The first-order valence-electron chi connectivity index (χ1n) is 13.7. The van der Waals surface area contributed by atoms with Gasteiger partial charge in [0.25, 0.3) is 11.7 Å². The van der Waals surface area contributed by atoms with Crippen molar-refractivity contribution in [2.75, 3.05) is 0 Å². The molecule has 1 aliphatic rings. The van der Waals surface area contributed by atoms with E-state index in [4.69, 9.17) is 0 Å². The van der Waals surface area contributed by atoms with Crippen LogP contribution >= 0.6 is 0 Å². The van der Waals surface area contributed by atoms with Gasteiger partial charge in [0.1, 0.15) is 5.76 Å². The van der Waals surface area contributed by atoms with Crippen LogP contribution in [-0.2, 0) is 27.0 Å². The van der Waals surface area contributed by atoms with Crippen LogP contribution in [0.3, 0.4) is 0 Å². The van der Waals surface area contributed by atoms with Crippen LogP contribution in [0.2, 0.25) is 0 Å². The second kappa shape index (κ2) is 10.1. The summed E-state index contributed by atoms with van der Waals surface area (Å²) in [5, 5.41) is 11.8. The number of aliphatic hydroxyl groups excluding tert-OH is 1. The quantitative estimate of drug-likeness (QED) is 0.215. The van der Waals surface area contributed by atoms with Crippen molar-refractivity contribution in [1.29, 1.82) is 0 Å². The largest absolute Gasteiger partial charge is 0.507 e. The molecule has 0 saturated carbocycles. The van der Waals surface area contributed by atoms with Gasteiger partial charge in [-0.2, -0.15) is 0 Å². The van der Waals surface area contributed by atoms with E-state index in [-0.39, 0.29) is 28.7 Å². The number of aliphatic hydroxyl groups is 1. The highest BCUT2D eigenvalue weighted by atomic mass is 16.3. The summed E-state index contributed by atoms with van der Waals surface area (Å²) in [5.41, 5.74) is 7.54. The summed E-state index contributed by atoms with van der Waals surface area (Å²) in [4.78, 5) is 28.9. The molecule has 1 atom stereocenters. The molecule has 3 aromatic carbocycles. The molecule has 4 rings (SSSR count). The van der Waals surface area contributed by atoms with Crippen molar-refractivity contribution < 1.29 is 14.7 Å². The lowest BCUT2D eigenvalue weighted by molar-refractivity contribution is -0.140. The number of aryl methyl sites for hydroxylation is 3. The highest BCUT2D eigenvalue weighted by Gasteiger charge is 2.46. The average molecular weight is 524 g/mol. The van der Waals surface area contributed by atoms with Gasteiger partial charge in [0.15, 0.2) is 0 Å². The maximum Gasteiger partial charge on any atom is 0.295 e. The SMILES string of the molecule is Cc1ccc(C)c(CN2C(=O)C(=O)/C(=C(/O)c3cc(C(C)(C)C)ccc3C)C2c2ccc(C(C)(C)C)cc2)c1. The van der Waals surface area contributed by atoms with E-state index in [0.29, 0.717) is 5.56 Å². The number of ketones is 1. The van der Waals surface area contributed by atoms with Gasteiger partial charge in [-0.3, -0.25) is 9.59 Å². The van der Waals surface area contributed by atoms with Gasteiger partial charge in [0.05, 0.1) is 11.6 Å². The Balaban J connectivity index is 1.93. The predicted octanol–water partition coefficient (Wildman–Crippen LogP) is 7.83. The number of amides is 1. The standard InChI is InChI=1S/C35H41NO3/c1-21-10-11-22(2)25(18-21)20-36-30(24-13-16-26(17-14-24)34(4,5)6)29(32(38)33(36)39)31(37)28-19-27(35(7,8)9)15-12-23(28)3/h10-19,30,37H,20H2,1-9H3/b31-29+. The summed E-state index contributed by atoms with van der Waals surface area (Å²) < 4.78 is 0. The van der Waals surface area contributed by atoms with Crippen LogP contribution in [0, 0.1) is 20.8 Å². The van der Waals surface area contributed by atoms with Crippen LogP contribution in [0.4, 0.5) is 0 Å². The minimum atomic E-state index is -0.698. The Kier molecular flexibility index (Phi) is 7.37. The van der Waals surface area contributed by atoms with E-state index in [1.54, 1.807) is 4.90 Å². The number of Topliss-reactive ketones (excluding diaryl/α,β-unsaturated/α-hetero) is 1. The fourth-order valence-corrected chi connectivity index (χ4v) is 5.20. The number of rotatable bonds is 4. The van der Waals surface area contributed by atoms with Crippen molar-refractivity contribution in [3.05, 3.63) is 111 Å². The topological polar surface area (TPSA) is 57.6 Å². The molecule has 1 fully saturated rings. The zero-order valence-corrected chi connectivity index (χ0v) is 24.8. The first-order chi connectivity index (χ1) is 18.1. The van der Waals surface area contributed by atoms with Crippen molar-refractivity contribution in [2.24, 2.45) is 0 Å². The van der Waals surface area contributed by atoms with Crippen molar-refractivity contribution in [3.63, 3.8) is 0 Å². The summed E-state index contributed by atoms with van der Waals surface area (Å²) in [5.74, 6) is -1.36. The predicted molar refractivity (Wildman–Crippen MR) is 159 cm³/mol. The maximum absolute atomic E-state index is 13.7. The van der Waals surface area contributed by atoms with Gasteiger partial charge >= 0.3 is 0 Å². The molecule has 1 unspecified atom stereocenters. The molecule has 0 spiro atoms. The Hall–Kier alpha value is -3.66. The number of hydrogen-bond donors (Lipinski definition) is 1. The molecule has 0 aromatic heterocycles. The number of benzene rings is 3. The third kappa shape index (κ3) is 5.56. The Labute approximate surface area is 233 Å². The second-order valence-corrected chi connectivity index (χ2v) is 13.0. The molecule has 1 aliphatic heterocycles. The summed E-state index contributed by atoms with van der Waals surface area (Å²) in [7, 11) is 0. The van der Waals surface area contributed by atoms with E-state index in [2.05, 4.69) is 59.7 Å². The highest BCUT2D eigenvalue weighted by Crippen LogP contribution is 2.42. The lowest BCUT2D eigenvalue weighted by atomic mass is 9.84. The first-order valence-corrected chi connectivity index (χ1v) is 13.7. The second-order valence-electron chi connectivity index (χ2n) is 13.0.